The van der Waals surface area contributed by atoms with Crippen LogP contribution in [-0.4, -0.2) is 0 Å². The van der Waals surface area contributed by atoms with Crippen LogP contribution in [-0.2, 0) is 19.3 Å². The summed E-state index contributed by atoms with van der Waals surface area (Å²) >= 11 is 0. The van der Waals surface area contributed by atoms with Crippen LogP contribution in [0.15, 0.2) is 18.7 Å². The van der Waals surface area contributed by atoms with Crippen molar-refractivity contribution in [3.05, 3.63) is 47.0 Å². The first-order chi connectivity index (χ1) is 13.6. The smallest absolute Gasteiger partial charge is 0.162 e. The zero-order valence-electron chi connectivity index (χ0n) is 17.5. The van der Waals surface area contributed by atoms with Crippen molar-refractivity contribution in [3.63, 3.8) is 0 Å². The van der Waals surface area contributed by atoms with Gasteiger partial charge < -0.3 is 0 Å². The second-order valence-electron chi connectivity index (χ2n) is 9.81. The molecule has 5 unspecified atom stereocenters. The van der Waals surface area contributed by atoms with Gasteiger partial charge in [-0.1, -0.05) is 31.9 Å². The summed E-state index contributed by atoms with van der Waals surface area (Å²) in [4.78, 5) is 0. The van der Waals surface area contributed by atoms with Crippen LogP contribution in [0.3, 0.4) is 0 Å². The van der Waals surface area contributed by atoms with Gasteiger partial charge in [0.2, 0.25) is 0 Å². The standard InChI is InChI=1S/C26H36F2/c1-3-5-6-23-15-22-12-11-21(16-24(22)26(28)25(23)27)20-10-9-18-13-17(4-2)7-8-19(18)14-20/h3,15,17-21H,1,4-14,16H2,2H3. The summed E-state index contributed by atoms with van der Waals surface area (Å²) in [5.41, 5.74) is 2.28. The van der Waals surface area contributed by atoms with E-state index in [1.165, 1.54) is 44.9 Å². The van der Waals surface area contributed by atoms with Crippen LogP contribution in [0.4, 0.5) is 8.78 Å². The fourth-order valence-electron chi connectivity index (χ4n) is 6.59. The fourth-order valence-corrected chi connectivity index (χ4v) is 6.59. The lowest BCUT2D eigenvalue weighted by atomic mass is 9.61. The van der Waals surface area contributed by atoms with Crippen molar-refractivity contribution in [1.82, 2.24) is 0 Å². The first-order valence-electron chi connectivity index (χ1n) is 11.7. The van der Waals surface area contributed by atoms with E-state index < -0.39 is 11.6 Å². The lowest BCUT2D eigenvalue weighted by Gasteiger charge is -2.45. The van der Waals surface area contributed by atoms with E-state index in [-0.39, 0.29) is 0 Å². The molecule has 0 aliphatic heterocycles. The van der Waals surface area contributed by atoms with E-state index in [4.69, 9.17) is 0 Å². The van der Waals surface area contributed by atoms with E-state index in [1.54, 1.807) is 6.08 Å². The molecule has 1 aromatic rings. The van der Waals surface area contributed by atoms with Crippen molar-refractivity contribution < 1.29 is 8.78 Å². The van der Waals surface area contributed by atoms with Gasteiger partial charge in [0.1, 0.15) is 0 Å². The van der Waals surface area contributed by atoms with Crippen LogP contribution < -0.4 is 0 Å². The van der Waals surface area contributed by atoms with Gasteiger partial charge >= 0.3 is 0 Å². The van der Waals surface area contributed by atoms with E-state index in [0.29, 0.717) is 29.9 Å². The Bertz CT molecular complexity index is 707. The minimum atomic E-state index is -0.608. The van der Waals surface area contributed by atoms with Crippen LogP contribution in [0.1, 0.15) is 81.4 Å². The molecule has 0 saturated heterocycles. The zero-order chi connectivity index (χ0) is 19.7. The fraction of sp³-hybridized carbons (Fsp3) is 0.692. The molecule has 0 radical (unpaired) electrons. The summed E-state index contributed by atoms with van der Waals surface area (Å²) in [7, 11) is 0. The highest BCUT2D eigenvalue weighted by atomic mass is 19.2. The maximum Gasteiger partial charge on any atom is 0.162 e. The van der Waals surface area contributed by atoms with Crippen LogP contribution >= 0.6 is 0 Å². The summed E-state index contributed by atoms with van der Waals surface area (Å²) in [6, 6.07) is 1.94. The molecule has 1 aromatic carbocycles. The van der Waals surface area contributed by atoms with Gasteiger partial charge in [0.15, 0.2) is 11.6 Å². The normalized spacial score (nSPS) is 32.5. The van der Waals surface area contributed by atoms with Crippen molar-refractivity contribution in [2.45, 2.75) is 84.0 Å². The van der Waals surface area contributed by atoms with Gasteiger partial charge in [-0.25, -0.2) is 8.78 Å². The molecule has 0 bridgehead atoms. The van der Waals surface area contributed by atoms with Crippen molar-refractivity contribution in [1.29, 1.82) is 0 Å². The molecule has 0 spiro atoms. The largest absolute Gasteiger partial charge is 0.203 e. The van der Waals surface area contributed by atoms with Crippen LogP contribution in [0, 0.1) is 41.2 Å². The van der Waals surface area contributed by atoms with Crippen LogP contribution in [0.25, 0.3) is 0 Å². The minimum Gasteiger partial charge on any atom is -0.203 e. The van der Waals surface area contributed by atoms with E-state index in [2.05, 4.69) is 13.5 Å². The molecule has 4 rings (SSSR count). The zero-order valence-corrected chi connectivity index (χ0v) is 17.5. The van der Waals surface area contributed by atoms with Gasteiger partial charge in [-0.3, -0.25) is 0 Å². The number of allylic oxidation sites excluding steroid dienone is 1. The Morgan fingerprint density at radius 3 is 2.43 bits per heavy atom. The third-order valence-electron chi connectivity index (χ3n) is 8.35. The van der Waals surface area contributed by atoms with Gasteiger partial charge in [-0.05, 0) is 110 Å². The summed E-state index contributed by atoms with van der Waals surface area (Å²) < 4.78 is 29.4. The van der Waals surface area contributed by atoms with Crippen molar-refractivity contribution in [3.8, 4) is 0 Å². The Hall–Kier alpha value is -1.18. The van der Waals surface area contributed by atoms with Gasteiger partial charge in [0, 0.05) is 0 Å². The quantitative estimate of drug-likeness (QED) is 0.462. The number of fused-ring (bicyclic) bond motifs is 2. The monoisotopic (exact) mass is 386 g/mol. The van der Waals surface area contributed by atoms with Gasteiger partial charge in [-0.2, -0.15) is 0 Å². The summed E-state index contributed by atoms with van der Waals surface area (Å²) in [6.07, 6.45) is 15.4. The Morgan fingerprint density at radius 1 is 0.964 bits per heavy atom. The summed E-state index contributed by atoms with van der Waals surface area (Å²) in [6.45, 7) is 6.04. The molecule has 3 aliphatic rings. The first kappa shape index (κ1) is 20.1. The van der Waals surface area contributed by atoms with Crippen LogP contribution in [0.2, 0.25) is 0 Å². The molecule has 2 heteroatoms. The Morgan fingerprint density at radius 2 is 1.68 bits per heavy atom. The summed E-state index contributed by atoms with van der Waals surface area (Å²) in [5, 5.41) is 0. The molecule has 2 saturated carbocycles. The Kier molecular flexibility index (Phi) is 6.23. The molecule has 0 nitrogen and oxygen atoms in total. The molecule has 0 amide bonds. The third-order valence-corrected chi connectivity index (χ3v) is 8.35. The average Bonchev–Trinajstić information content (AvgIpc) is 2.74. The molecule has 0 N–H and O–H groups in total. The van der Waals surface area contributed by atoms with Gasteiger partial charge in [0.25, 0.3) is 0 Å². The molecular weight excluding hydrogens is 350 g/mol. The van der Waals surface area contributed by atoms with E-state index in [1.807, 2.05) is 6.07 Å². The molecule has 3 aliphatic carbocycles. The molecule has 5 atom stereocenters. The lowest BCUT2D eigenvalue weighted by molar-refractivity contribution is 0.0705. The minimum absolute atomic E-state index is 0.530. The van der Waals surface area contributed by atoms with Gasteiger partial charge in [-0.15, -0.1) is 6.58 Å². The molecule has 2 fully saturated rings. The highest BCUT2D eigenvalue weighted by Gasteiger charge is 2.38. The van der Waals surface area contributed by atoms with Crippen molar-refractivity contribution >= 4 is 0 Å². The Balaban J connectivity index is 1.44. The molecule has 28 heavy (non-hydrogen) atoms. The van der Waals surface area contributed by atoms with Crippen molar-refractivity contribution in [2.75, 3.05) is 0 Å². The topological polar surface area (TPSA) is 0 Å². The Labute approximate surface area is 169 Å². The lowest BCUT2D eigenvalue weighted by Crippen LogP contribution is -2.35. The number of aryl methyl sites for hydroxylation is 2. The second-order valence-corrected chi connectivity index (χ2v) is 9.81. The van der Waals surface area contributed by atoms with E-state index >= 15 is 0 Å². The van der Waals surface area contributed by atoms with Crippen LogP contribution in [0.5, 0.6) is 0 Å². The number of hydrogen-bond donors (Lipinski definition) is 0. The second kappa shape index (κ2) is 8.67. The number of halogens is 2. The van der Waals surface area contributed by atoms with E-state index in [9.17, 15) is 8.78 Å². The summed E-state index contributed by atoms with van der Waals surface area (Å²) in [5.74, 6) is 2.88. The number of rotatable bonds is 5. The molecule has 0 aromatic heterocycles. The van der Waals surface area contributed by atoms with Gasteiger partial charge in [0.05, 0.1) is 0 Å². The number of hydrogen-bond acceptors (Lipinski definition) is 0. The third kappa shape index (κ3) is 3.94. The average molecular weight is 387 g/mol. The predicted octanol–water partition coefficient (Wildman–Crippen LogP) is 7.43. The van der Waals surface area contributed by atoms with Crippen molar-refractivity contribution in [2.24, 2.45) is 29.6 Å². The first-order valence-corrected chi connectivity index (χ1v) is 11.7. The molecule has 0 heterocycles. The highest BCUT2D eigenvalue weighted by molar-refractivity contribution is 5.37. The maximum atomic E-state index is 14.9. The SMILES string of the molecule is C=CCCc1cc2c(c(F)c1F)CC(C1CCC3CC(CC)CCC3C1)CC2. The molecule has 154 valence electrons. The highest BCUT2D eigenvalue weighted by Crippen LogP contribution is 2.49. The predicted molar refractivity (Wildman–Crippen MR) is 112 cm³/mol. The molecular formula is C26H36F2. The maximum absolute atomic E-state index is 14.9. The van der Waals surface area contributed by atoms with E-state index in [0.717, 1.165) is 48.5 Å². The number of benzene rings is 1.